The van der Waals surface area contributed by atoms with Crippen molar-refractivity contribution < 1.29 is 81.7 Å². The van der Waals surface area contributed by atoms with Crippen LogP contribution in [-0.2, 0) is 66.7 Å². The van der Waals surface area contributed by atoms with Gasteiger partial charge in [-0.05, 0) is 27.2 Å². The number of nitrogens with one attached hydrogen (secondary N) is 1. The summed E-state index contributed by atoms with van der Waals surface area (Å²) in [7, 11) is 2.03. The molecule has 2 aliphatic rings. The maximum absolute atomic E-state index is 12.7. The second kappa shape index (κ2) is 15.4. The van der Waals surface area contributed by atoms with Crippen molar-refractivity contribution in [1.82, 2.24) is 5.48 Å². The minimum absolute atomic E-state index is 0.376. The summed E-state index contributed by atoms with van der Waals surface area (Å²) in [6.45, 7) is 7.75. The summed E-state index contributed by atoms with van der Waals surface area (Å²) in [4.78, 5) is 78.7. The van der Waals surface area contributed by atoms with Crippen LogP contribution in [0.1, 0.15) is 48.0 Å². The van der Waals surface area contributed by atoms with Crippen LogP contribution < -0.4 is 5.48 Å². The molecule has 1 heterocycles. The number of carbonyl (C=O) groups is 6. The van der Waals surface area contributed by atoms with E-state index in [1.165, 1.54) is 0 Å². The van der Waals surface area contributed by atoms with Gasteiger partial charge >= 0.3 is 35.9 Å². The lowest BCUT2D eigenvalue weighted by atomic mass is 9.80. The molecule has 0 spiro atoms. The third-order valence-electron chi connectivity index (χ3n) is 6.27. The third-order valence-corrected chi connectivity index (χ3v) is 6.27. The highest BCUT2D eigenvalue weighted by Crippen LogP contribution is 2.35. The molecule has 3 N–H and O–H groups in total. The van der Waals surface area contributed by atoms with Gasteiger partial charge in [0.2, 0.25) is 0 Å². The van der Waals surface area contributed by atoms with E-state index in [2.05, 4.69) is 0 Å². The average Bonchev–Trinajstić information content (AvgIpc) is 2.90. The lowest BCUT2D eigenvalue weighted by molar-refractivity contribution is -0.331. The molecule has 0 aromatic heterocycles. The van der Waals surface area contributed by atoms with Crippen LogP contribution in [0.15, 0.2) is 0 Å². The molecule has 1 aliphatic carbocycles. The van der Waals surface area contributed by atoms with Gasteiger partial charge in [-0.15, -0.1) is 0 Å². The number of hydrogen-bond acceptors (Lipinski definition) is 17. The van der Waals surface area contributed by atoms with E-state index in [4.69, 9.17) is 42.7 Å². The number of hydroxylamine groups is 1. The Morgan fingerprint density at radius 1 is 0.750 bits per heavy atom. The van der Waals surface area contributed by atoms with Gasteiger partial charge in [-0.3, -0.25) is 24.0 Å². The van der Waals surface area contributed by atoms with E-state index in [1.807, 2.05) is 5.48 Å². The Hall–Kier alpha value is -3.58. The number of esters is 5. The number of ether oxygens (including phenoxy) is 8. The van der Waals surface area contributed by atoms with Crippen molar-refractivity contribution in [2.75, 3.05) is 14.2 Å². The maximum Gasteiger partial charge on any atom is 0.431 e. The molecule has 1 saturated carbocycles. The number of amides is 1. The zero-order chi connectivity index (χ0) is 33.5. The van der Waals surface area contributed by atoms with Crippen LogP contribution in [0.2, 0.25) is 0 Å². The van der Waals surface area contributed by atoms with Crippen LogP contribution in [0.5, 0.6) is 0 Å². The highest BCUT2D eigenvalue weighted by atomic mass is 16.8. The van der Waals surface area contributed by atoms with Crippen LogP contribution in [0.25, 0.3) is 0 Å². The van der Waals surface area contributed by atoms with E-state index in [0.717, 1.165) is 35.0 Å². The highest BCUT2D eigenvalue weighted by Gasteiger charge is 2.58. The predicted molar refractivity (Wildman–Crippen MR) is 139 cm³/mol. The molecule has 1 aliphatic heterocycles. The standard InChI is InChI=1S/C26H39NO17/c1-10(28)38-18-19(39-11(2)29)21(40-12(3)30)24(42-20(18)23(34)37-8)41-17-15(31)13(22(33)36-7)9-14(16(17)32)44-27-25(35)43-26(4,5)6/h13-21,24,31-32H,9H2,1-8H3,(H,27,35)/t13-,14+,15+,16-,17-,18-,19-,20?,21+,24+/m0/s1. The van der Waals surface area contributed by atoms with Crippen LogP contribution in [-0.4, -0.2) is 121 Å². The van der Waals surface area contributed by atoms with Gasteiger partial charge in [-0.2, -0.15) is 5.48 Å². The number of carbonyl (C=O) groups excluding carboxylic acids is 6. The van der Waals surface area contributed by atoms with E-state index < -0.39 is 103 Å². The first-order chi connectivity index (χ1) is 20.4. The maximum atomic E-state index is 12.7. The smallest absolute Gasteiger partial charge is 0.431 e. The van der Waals surface area contributed by atoms with E-state index in [1.54, 1.807) is 20.8 Å². The first-order valence-corrected chi connectivity index (χ1v) is 13.4. The Bertz CT molecular complexity index is 1070. The summed E-state index contributed by atoms with van der Waals surface area (Å²) < 4.78 is 41.8. The number of hydrogen-bond donors (Lipinski definition) is 3. The predicted octanol–water partition coefficient (Wildman–Crippen LogP) is -1.20. The summed E-state index contributed by atoms with van der Waals surface area (Å²) >= 11 is 0. The monoisotopic (exact) mass is 637 g/mol. The van der Waals surface area contributed by atoms with Crippen LogP contribution in [0.4, 0.5) is 4.79 Å². The van der Waals surface area contributed by atoms with Crippen LogP contribution in [0, 0.1) is 5.92 Å². The van der Waals surface area contributed by atoms with Gasteiger partial charge in [0.05, 0.1) is 26.2 Å². The molecule has 18 heteroatoms. The Morgan fingerprint density at radius 2 is 1.27 bits per heavy atom. The Labute approximate surface area is 252 Å². The average molecular weight is 638 g/mol. The Kier molecular flexibility index (Phi) is 12.8. The zero-order valence-electron chi connectivity index (χ0n) is 25.5. The van der Waals surface area contributed by atoms with Crippen LogP contribution >= 0.6 is 0 Å². The molecule has 0 radical (unpaired) electrons. The SMILES string of the molecule is COC(=O)C1O[C@@H](O[C@@H]2[C@@H](O)[C@H](ONC(=O)OC(C)(C)C)C[C@H](C(=O)OC)[C@H]2O)[C@H](OC(C)=O)[C@@H](OC(C)=O)[C@@H]1OC(C)=O. The zero-order valence-corrected chi connectivity index (χ0v) is 25.5. The molecule has 10 atom stereocenters. The summed E-state index contributed by atoms with van der Waals surface area (Å²) in [6, 6.07) is 0. The summed E-state index contributed by atoms with van der Waals surface area (Å²) in [5.74, 6) is -6.29. The van der Waals surface area contributed by atoms with Crippen molar-refractivity contribution >= 4 is 35.9 Å². The largest absolute Gasteiger partial charge is 0.469 e. The summed E-state index contributed by atoms with van der Waals surface area (Å²) in [6.07, 6.45) is -17.2. The van der Waals surface area contributed by atoms with Crippen molar-refractivity contribution in [3.8, 4) is 0 Å². The normalized spacial score (nSPS) is 32.0. The van der Waals surface area contributed by atoms with Gasteiger partial charge in [0, 0.05) is 20.8 Å². The van der Waals surface area contributed by atoms with E-state index in [-0.39, 0.29) is 6.42 Å². The first-order valence-electron chi connectivity index (χ1n) is 13.4. The van der Waals surface area contributed by atoms with Crippen molar-refractivity contribution in [2.45, 2.75) is 109 Å². The second-order valence-corrected chi connectivity index (χ2v) is 10.9. The fourth-order valence-corrected chi connectivity index (χ4v) is 4.60. The third kappa shape index (κ3) is 9.71. The molecule has 250 valence electrons. The van der Waals surface area contributed by atoms with E-state index in [9.17, 15) is 39.0 Å². The first kappa shape index (κ1) is 36.6. The Balaban J connectivity index is 2.51. The topological polar surface area (TPSA) is 238 Å². The molecule has 2 rings (SSSR count). The van der Waals surface area contributed by atoms with Gasteiger partial charge in [0.25, 0.3) is 0 Å². The molecular weight excluding hydrogens is 598 g/mol. The summed E-state index contributed by atoms with van der Waals surface area (Å²) in [5.41, 5.74) is 1.09. The molecule has 18 nitrogen and oxygen atoms in total. The van der Waals surface area contributed by atoms with Gasteiger partial charge < -0.3 is 48.1 Å². The highest BCUT2D eigenvalue weighted by molar-refractivity contribution is 5.77. The second-order valence-electron chi connectivity index (χ2n) is 10.9. The fourth-order valence-electron chi connectivity index (χ4n) is 4.60. The molecular formula is C26H39NO17. The van der Waals surface area contributed by atoms with Gasteiger partial charge in [-0.1, -0.05) is 0 Å². The molecule has 44 heavy (non-hydrogen) atoms. The molecule has 1 unspecified atom stereocenters. The molecule has 1 amide bonds. The van der Waals surface area contributed by atoms with Gasteiger partial charge in [0.15, 0.2) is 30.7 Å². The molecule has 2 fully saturated rings. The molecule has 0 aromatic carbocycles. The molecule has 0 bridgehead atoms. The molecule has 1 saturated heterocycles. The summed E-state index contributed by atoms with van der Waals surface area (Å²) in [5, 5.41) is 22.2. The number of methoxy groups -OCH3 is 2. The van der Waals surface area contributed by atoms with E-state index >= 15 is 0 Å². The lowest BCUT2D eigenvalue weighted by Gasteiger charge is -2.46. The van der Waals surface area contributed by atoms with Crippen molar-refractivity contribution in [3.63, 3.8) is 0 Å². The molecule has 0 aromatic rings. The quantitative estimate of drug-likeness (QED) is 0.153. The lowest BCUT2D eigenvalue weighted by Crippen LogP contribution is -2.66. The number of rotatable bonds is 9. The Morgan fingerprint density at radius 3 is 1.77 bits per heavy atom. The fraction of sp³-hybridized carbons (Fsp3) is 0.769. The minimum Gasteiger partial charge on any atom is -0.469 e. The van der Waals surface area contributed by atoms with Crippen molar-refractivity contribution in [2.24, 2.45) is 5.92 Å². The van der Waals surface area contributed by atoms with Crippen LogP contribution in [0.3, 0.4) is 0 Å². The van der Waals surface area contributed by atoms with Gasteiger partial charge in [0.1, 0.15) is 23.9 Å². The van der Waals surface area contributed by atoms with Gasteiger partial charge in [-0.25, -0.2) is 9.59 Å². The number of aliphatic hydroxyl groups excluding tert-OH is 2. The number of aliphatic hydroxyl groups is 2. The van der Waals surface area contributed by atoms with Crippen molar-refractivity contribution in [3.05, 3.63) is 0 Å². The van der Waals surface area contributed by atoms with E-state index in [0.29, 0.717) is 0 Å². The van der Waals surface area contributed by atoms with Crippen molar-refractivity contribution in [1.29, 1.82) is 0 Å². The minimum atomic E-state index is -1.93.